The topological polar surface area (TPSA) is 43.4 Å². The van der Waals surface area contributed by atoms with Crippen LogP contribution in [-0.4, -0.2) is 31.3 Å². The van der Waals surface area contributed by atoms with Crippen LogP contribution in [0.4, 0.5) is 0 Å². The Balaban J connectivity index is 1.98. The van der Waals surface area contributed by atoms with Gasteiger partial charge in [-0.3, -0.25) is 0 Å². The molecule has 94 valence electrons. The Morgan fingerprint density at radius 3 is 2.76 bits per heavy atom. The Labute approximate surface area is 102 Å². The molecule has 1 aliphatic rings. The van der Waals surface area contributed by atoms with E-state index in [1.165, 1.54) is 19.3 Å². The summed E-state index contributed by atoms with van der Waals surface area (Å²) in [5.74, 6) is 1.43. The second-order valence-electron chi connectivity index (χ2n) is 4.37. The maximum atomic E-state index is 5.93. The molecule has 4 nitrogen and oxygen atoms in total. The van der Waals surface area contributed by atoms with E-state index in [-0.39, 0.29) is 6.10 Å². The van der Waals surface area contributed by atoms with E-state index in [4.69, 9.17) is 9.47 Å². The van der Waals surface area contributed by atoms with Crippen LogP contribution in [0.15, 0.2) is 18.3 Å². The van der Waals surface area contributed by atoms with Crippen LogP contribution >= 0.6 is 0 Å². The van der Waals surface area contributed by atoms with Gasteiger partial charge >= 0.3 is 0 Å². The Morgan fingerprint density at radius 1 is 1.29 bits per heavy atom. The van der Waals surface area contributed by atoms with E-state index in [1.807, 2.05) is 19.2 Å². The normalized spacial score (nSPS) is 24.4. The third-order valence-electron chi connectivity index (χ3n) is 3.29. The van der Waals surface area contributed by atoms with E-state index < -0.39 is 0 Å². The molecule has 1 N–H and O–H groups in total. The van der Waals surface area contributed by atoms with Crippen LogP contribution in [0, 0.1) is 0 Å². The monoisotopic (exact) mass is 236 g/mol. The van der Waals surface area contributed by atoms with Crippen LogP contribution in [0.5, 0.6) is 11.6 Å². The zero-order valence-electron chi connectivity index (χ0n) is 10.5. The lowest BCUT2D eigenvalue weighted by molar-refractivity contribution is 0.113. The molecular weight excluding hydrogens is 216 g/mol. The molecule has 4 heteroatoms. The van der Waals surface area contributed by atoms with Gasteiger partial charge in [0.2, 0.25) is 5.88 Å². The zero-order chi connectivity index (χ0) is 12.1. The van der Waals surface area contributed by atoms with Crippen molar-refractivity contribution in [2.45, 2.75) is 37.8 Å². The average molecular weight is 236 g/mol. The quantitative estimate of drug-likeness (QED) is 0.868. The molecule has 0 amide bonds. The molecule has 1 saturated carbocycles. The summed E-state index contributed by atoms with van der Waals surface area (Å²) in [7, 11) is 3.63. The fourth-order valence-electron chi connectivity index (χ4n) is 2.28. The predicted octanol–water partition coefficient (Wildman–Crippen LogP) is 2.00. The summed E-state index contributed by atoms with van der Waals surface area (Å²) >= 11 is 0. The Kier molecular flexibility index (Phi) is 4.20. The number of methoxy groups -OCH3 is 1. The van der Waals surface area contributed by atoms with Crippen molar-refractivity contribution in [3.05, 3.63) is 18.3 Å². The van der Waals surface area contributed by atoms with Gasteiger partial charge < -0.3 is 14.8 Å². The van der Waals surface area contributed by atoms with Crippen molar-refractivity contribution in [3.63, 3.8) is 0 Å². The molecule has 1 heterocycles. The molecule has 0 spiro atoms. The summed E-state index contributed by atoms with van der Waals surface area (Å²) in [5.41, 5.74) is 0. The van der Waals surface area contributed by atoms with E-state index in [0.29, 0.717) is 11.9 Å². The van der Waals surface area contributed by atoms with Crippen molar-refractivity contribution in [3.8, 4) is 11.6 Å². The first-order chi connectivity index (χ1) is 8.33. The first-order valence-electron chi connectivity index (χ1n) is 6.17. The van der Waals surface area contributed by atoms with Gasteiger partial charge in [-0.1, -0.05) is 6.42 Å². The standard InChI is InChI=1S/C13H20N2O2/c1-14-11-5-3-4-6-12(11)17-13-8-7-10(16-2)9-15-13/h7-9,11-12,14H,3-6H2,1-2H3. The smallest absolute Gasteiger partial charge is 0.213 e. The van der Waals surface area contributed by atoms with Crippen LogP contribution in [0.1, 0.15) is 25.7 Å². The number of rotatable bonds is 4. The third-order valence-corrected chi connectivity index (χ3v) is 3.29. The molecule has 2 atom stereocenters. The second kappa shape index (κ2) is 5.87. The molecule has 1 aliphatic carbocycles. The van der Waals surface area contributed by atoms with Gasteiger partial charge in [0.05, 0.1) is 13.3 Å². The van der Waals surface area contributed by atoms with Crippen LogP contribution in [-0.2, 0) is 0 Å². The highest BCUT2D eigenvalue weighted by molar-refractivity contribution is 5.22. The summed E-state index contributed by atoms with van der Waals surface area (Å²) in [6.45, 7) is 0. The van der Waals surface area contributed by atoms with Crippen molar-refractivity contribution in [2.75, 3.05) is 14.2 Å². The molecule has 0 radical (unpaired) electrons. The SMILES string of the molecule is CNC1CCCCC1Oc1ccc(OC)cn1. The summed E-state index contributed by atoms with van der Waals surface area (Å²) in [6.07, 6.45) is 6.71. The predicted molar refractivity (Wildman–Crippen MR) is 66.5 cm³/mol. The lowest BCUT2D eigenvalue weighted by atomic mass is 9.92. The second-order valence-corrected chi connectivity index (χ2v) is 4.37. The van der Waals surface area contributed by atoms with Gasteiger partial charge in [0, 0.05) is 12.1 Å². The fourth-order valence-corrected chi connectivity index (χ4v) is 2.28. The first kappa shape index (κ1) is 12.2. The average Bonchev–Trinajstić information content (AvgIpc) is 2.40. The molecule has 1 aromatic rings. The number of ether oxygens (including phenoxy) is 2. The van der Waals surface area contributed by atoms with Gasteiger partial charge in [0.25, 0.3) is 0 Å². The van der Waals surface area contributed by atoms with Crippen LogP contribution < -0.4 is 14.8 Å². The maximum Gasteiger partial charge on any atom is 0.213 e. The molecule has 17 heavy (non-hydrogen) atoms. The van der Waals surface area contributed by atoms with Crippen LogP contribution in [0.3, 0.4) is 0 Å². The van der Waals surface area contributed by atoms with E-state index in [0.717, 1.165) is 12.2 Å². The highest BCUT2D eigenvalue weighted by Gasteiger charge is 2.25. The minimum Gasteiger partial charge on any atom is -0.495 e. The molecular formula is C13H20N2O2. The molecule has 2 unspecified atom stereocenters. The van der Waals surface area contributed by atoms with Gasteiger partial charge in [-0.15, -0.1) is 0 Å². The number of pyridine rings is 1. The lowest BCUT2D eigenvalue weighted by Crippen LogP contribution is -2.43. The molecule has 0 aliphatic heterocycles. The Hall–Kier alpha value is -1.29. The van der Waals surface area contributed by atoms with Crippen molar-refractivity contribution in [2.24, 2.45) is 0 Å². The molecule has 0 aromatic carbocycles. The zero-order valence-corrected chi connectivity index (χ0v) is 10.5. The van der Waals surface area contributed by atoms with Crippen LogP contribution in [0.25, 0.3) is 0 Å². The van der Waals surface area contributed by atoms with E-state index in [9.17, 15) is 0 Å². The van der Waals surface area contributed by atoms with Crippen molar-refractivity contribution >= 4 is 0 Å². The van der Waals surface area contributed by atoms with Crippen molar-refractivity contribution in [1.82, 2.24) is 10.3 Å². The summed E-state index contributed by atoms with van der Waals surface area (Å²) in [6, 6.07) is 4.17. The molecule has 1 aromatic heterocycles. The number of hydrogen-bond donors (Lipinski definition) is 1. The van der Waals surface area contributed by atoms with E-state index in [2.05, 4.69) is 10.3 Å². The Bertz CT molecular complexity index is 340. The summed E-state index contributed by atoms with van der Waals surface area (Å²) in [4.78, 5) is 4.24. The van der Waals surface area contributed by atoms with Gasteiger partial charge in [0.15, 0.2) is 0 Å². The Morgan fingerprint density at radius 2 is 2.12 bits per heavy atom. The number of hydrogen-bond acceptors (Lipinski definition) is 4. The summed E-state index contributed by atoms with van der Waals surface area (Å²) in [5, 5.41) is 3.32. The van der Waals surface area contributed by atoms with Crippen molar-refractivity contribution < 1.29 is 9.47 Å². The van der Waals surface area contributed by atoms with Crippen molar-refractivity contribution in [1.29, 1.82) is 0 Å². The lowest BCUT2D eigenvalue weighted by Gasteiger charge is -2.31. The molecule has 1 fully saturated rings. The number of nitrogens with zero attached hydrogens (tertiary/aromatic N) is 1. The highest BCUT2D eigenvalue weighted by Crippen LogP contribution is 2.23. The fraction of sp³-hybridized carbons (Fsp3) is 0.615. The number of likely N-dealkylation sites (N-methyl/N-ethyl adjacent to an activating group) is 1. The number of nitrogens with one attached hydrogen (secondary N) is 1. The largest absolute Gasteiger partial charge is 0.495 e. The van der Waals surface area contributed by atoms with Crippen LogP contribution in [0.2, 0.25) is 0 Å². The maximum absolute atomic E-state index is 5.93. The first-order valence-corrected chi connectivity index (χ1v) is 6.17. The van der Waals surface area contributed by atoms with Gasteiger partial charge in [-0.05, 0) is 32.4 Å². The van der Waals surface area contributed by atoms with Gasteiger partial charge in [-0.25, -0.2) is 4.98 Å². The minimum atomic E-state index is 0.231. The van der Waals surface area contributed by atoms with Gasteiger partial charge in [0.1, 0.15) is 11.9 Å². The molecule has 0 saturated heterocycles. The highest BCUT2D eigenvalue weighted by atomic mass is 16.5. The molecule has 2 rings (SSSR count). The van der Waals surface area contributed by atoms with Gasteiger partial charge in [-0.2, -0.15) is 0 Å². The third kappa shape index (κ3) is 3.09. The minimum absolute atomic E-state index is 0.231. The van der Waals surface area contributed by atoms with E-state index >= 15 is 0 Å². The number of aromatic nitrogens is 1. The van der Waals surface area contributed by atoms with E-state index in [1.54, 1.807) is 13.3 Å². The molecule has 0 bridgehead atoms. The summed E-state index contributed by atoms with van der Waals surface area (Å²) < 4.78 is 11.0.